The van der Waals surface area contributed by atoms with Gasteiger partial charge in [0.2, 0.25) is 5.91 Å². The second-order valence-electron chi connectivity index (χ2n) is 11.7. The number of nitrogens with zero attached hydrogens (tertiary/aromatic N) is 2. The molecule has 0 spiro atoms. The minimum absolute atomic E-state index is 0. The molecular formula is C31H48N4O4S2. The zero-order valence-corrected chi connectivity index (χ0v) is 26.6. The van der Waals surface area contributed by atoms with Crippen molar-refractivity contribution in [2.24, 2.45) is 16.6 Å². The first kappa shape index (κ1) is 34.8. The van der Waals surface area contributed by atoms with Gasteiger partial charge in [-0.15, -0.1) is 0 Å². The number of nitrogens with one attached hydrogen (secondary N) is 1. The van der Waals surface area contributed by atoms with E-state index in [0.29, 0.717) is 31.3 Å². The topological polar surface area (TPSA) is 109 Å². The lowest BCUT2D eigenvalue weighted by Gasteiger charge is -2.41. The molecule has 2 atom stereocenters. The quantitative estimate of drug-likeness (QED) is 0.313. The number of amides is 1. The second-order valence-corrected chi connectivity index (χ2v) is 11.7. The Bertz CT molecular complexity index is 1120. The smallest absolute Gasteiger partial charge is 0.220 e. The van der Waals surface area contributed by atoms with Crippen LogP contribution in [0.25, 0.3) is 0 Å². The summed E-state index contributed by atoms with van der Waals surface area (Å²) in [5.74, 6) is 2.41. The maximum Gasteiger partial charge on any atom is 0.220 e. The number of aliphatic hydroxyl groups is 1. The van der Waals surface area contributed by atoms with Gasteiger partial charge in [0.15, 0.2) is 5.96 Å². The Hall–Kier alpha value is -2.40. The van der Waals surface area contributed by atoms with Crippen LogP contribution in [0.5, 0.6) is 11.5 Å². The predicted molar refractivity (Wildman–Crippen MR) is 175 cm³/mol. The Morgan fingerprint density at radius 3 is 2.46 bits per heavy atom. The molecule has 1 saturated carbocycles. The number of carbonyl (C=O) groups is 1. The fourth-order valence-corrected chi connectivity index (χ4v) is 5.46. The number of hydrogen-bond donors (Lipinski definition) is 3. The van der Waals surface area contributed by atoms with Gasteiger partial charge in [0, 0.05) is 24.6 Å². The van der Waals surface area contributed by atoms with E-state index in [1.165, 1.54) is 19.3 Å². The van der Waals surface area contributed by atoms with Gasteiger partial charge in [0.25, 0.3) is 0 Å². The summed E-state index contributed by atoms with van der Waals surface area (Å²) < 4.78 is 11.8. The standard InChI is InChI=1S/C31H44N4O4.2H2S/c1-31(2,3)38-21-24(20-36)33-29(37)17-16-28(22-10-6-4-7-11-22)35-19-23-18-26(14-15-27(23)34-30(35)32)39-25-12-8-5-9-13-25;;/h5,8-9,12-15,18,22,24,28,36H,4,6-7,10-11,16-17,19-21H2,1-3H3,(H2,32,34)(H,33,37);2*1H2/t24-,28-;;/m0../s1. The van der Waals surface area contributed by atoms with Gasteiger partial charge in [-0.05, 0) is 76.3 Å². The first-order valence-corrected chi connectivity index (χ1v) is 14.2. The fourth-order valence-electron chi connectivity index (χ4n) is 5.46. The highest BCUT2D eigenvalue weighted by Gasteiger charge is 2.33. The number of hydrogen-bond acceptors (Lipinski definition) is 7. The van der Waals surface area contributed by atoms with Crippen molar-refractivity contribution in [2.75, 3.05) is 13.2 Å². The lowest BCUT2D eigenvalue weighted by molar-refractivity contribution is -0.123. The van der Waals surface area contributed by atoms with Crippen LogP contribution in [-0.4, -0.2) is 52.8 Å². The normalized spacial score (nSPS) is 16.8. The maximum atomic E-state index is 12.9. The van der Waals surface area contributed by atoms with Crippen LogP contribution >= 0.6 is 27.0 Å². The summed E-state index contributed by atoms with van der Waals surface area (Å²) in [5, 5.41) is 12.7. The molecule has 1 heterocycles. The molecule has 2 aliphatic rings. The van der Waals surface area contributed by atoms with Gasteiger partial charge in [0.1, 0.15) is 11.5 Å². The van der Waals surface area contributed by atoms with E-state index in [0.717, 1.165) is 35.6 Å². The van der Waals surface area contributed by atoms with Crippen LogP contribution in [0.1, 0.15) is 71.3 Å². The average molecular weight is 605 g/mol. The summed E-state index contributed by atoms with van der Waals surface area (Å²) in [6.45, 7) is 6.60. The summed E-state index contributed by atoms with van der Waals surface area (Å²) in [7, 11) is 0. The van der Waals surface area contributed by atoms with Crippen molar-refractivity contribution in [2.45, 2.75) is 89.9 Å². The van der Waals surface area contributed by atoms with E-state index in [1.807, 2.05) is 69.3 Å². The Kier molecular flexibility index (Phi) is 13.8. The van der Waals surface area contributed by atoms with Crippen molar-refractivity contribution in [3.05, 3.63) is 54.1 Å². The Morgan fingerprint density at radius 2 is 1.80 bits per heavy atom. The number of aliphatic imine (C=N–C) groups is 1. The number of fused-ring (bicyclic) bond motifs is 1. The second kappa shape index (κ2) is 16.3. The summed E-state index contributed by atoms with van der Waals surface area (Å²) in [5.41, 5.74) is 8.12. The van der Waals surface area contributed by atoms with Gasteiger partial charge in [-0.1, -0.05) is 37.5 Å². The van der Waals surface area contributed by atoms with Crippen LogP contribution in [0, 0.1) is 5.92 Å². The lowest BCUT2D eigenvalue weighted by Crippen LogP contribution is -2.50. The van der Waals surface area contributed by atoms with Gasteiger partial charge in [0.05, 0.1) is 30.5 Å². The number of aliphatic hydroxyl groups excluding tert-OH is 1. The minimum atomic E-state index is -0.429. The third-order valence-electron chi connectivity index (χ3n) is 7.46. The number of rotatable bonds is 11. The Balaban J connectivity index is 0.00000294. The number of para-hydroxylation sites is 1. The Morgan fingerprint density at radius 1 is 1.10 bits per heavy atom. The molecule has 2 aromatic rings. The molecule has 8 nitrogen and oxygen atoms in total. The van der Waals surface area contributed by atoms with Crippen molar-refractivity contribution >= 4 is 44.5 Å². The van der Waals surface area contributed by atoms with Crippen LogP contribution in [0.15, 0.2) is 53.5 Å². The summed E-state index contributed by atoms with van der Waals surface area (Å²) in [4.78, 5) is 19.9. The van der Waals surface area contributed by atoms with Gasteiger partial charge < -0.3 is 30.5 Å². The predicted octanol–water partition coefficient (Wildman–Crippen LogP) is 5.49. The molecule has 2 aromatic carbocycles. The third-order valence-corrected chi connectivity index (χ3v) is 7.46. The highest BCUT2D eigenvalue weighted by Crippen LogP contribution is 2.36. The first-order chi connectivity index (χ1) is 18.7. The number of ether oxygens (including phenoxy) is 2. The van der Waals surface area contributed by atoms with E-state index in [4.69, 9.17) is 20.2 Å². The van der Waals surface area contributed by atoms with Crippen molar-refractivity contribution in [3.63, 3.8) is 0 Å². The van der Waals surface area contributed by atoms with Gasteiger partial charge >= 0.3 is 0 Å². The van der Waals surface area contributed by atoms with E-state index < -0.39 is 6.04 Å². The molecule has 0 unspecified atom stereocenters. The Labute approximate surface area is 259 Å². The molecule has 1 aliphatic carbocycles. The van der Waals surface area contributed by atoms with Crippen LogP contribution < -0.4 is 15.8 Å². The zero-order chi connectivity index (χ0) is 27.8. The summed E-state index contributed by atoms with van der Waals surface area (Å²) in [6, 6.07) is 15.3. The highest BCUT2D eigenvalue weighted by molar-refractivity contribution is 7.59. The van der Waals surface area contributed by atoms with E-state index in [1.54, 1.807) is 0 Å². The summed E-state index contributed by atoms with van der Waals surface area (Å²) >= 11 is 0. The molecule has 1 aliphatic heterocycles. The molecule has 4 rings (SSSR count). The zero-order valence-electron chi connectivity index (χ0n) is 24.6. The lowest BCUT2D eigenvalue weighted by atomic mass is 9.81. The SMILES string of the molecule is CC(C)(C)OC[C@H](CO)NC(=O)CC[C@@H](C1CCCCC1)N1Cc2cc(Oc3ccccc3)ccc2N=C1N.S.S. The molecule has 0 aromatic heterocycles. The van der Waals surface area contributed by atoms with E-state index in [9.17, 15) is 9.90 Å². The first-order valence-electron chi connectivity index (χ1n) is 14.2. The molecule has 0 radical (unpaired) electrons. The molecule has 0 saturated heterocycles. The maximum absolute atomic E-state index is 12.9. The highest BCUT2D eigenvalue weighted by atomic mass is 32.1. The molecule has 4 N–H and O–H groups in total. The molecular weight excluding hydrogens is 556 g/mol. The van der Waals surface area contributed by atoms with E-state index in [-0.39, 0.29) is 57.8 Å². The molecule has 1 fully saturated rings. The number of carbonyl (C=O) groups excluding carboxylic acids is 1. The number of benzene rings is 2. The molecule has 41 heavy (non-hydrogen) atoms. The van der Waals surface area contributed by atoms with Crippen molar-refractivity contribution in [3.8, 4) is 11.5 Å². The van der Waals surface area contributed by atoms with Crippen molar-refractivity contribution in [1.82, 2.24) is 10.2 Å². The van der Waals surface area contributed by atoms with Crippen LogP contribution in [0.3, 0.4) is 0 Å². The van der Waals surface area contributed by atoms with Gasteiger partial charge in [-0.25, -0.2) is 4.99 Å². The monoisotopic (exact) mass is 604 g/mol. The molecule has 228 valence electrons. The van der Waals surface area contributed by atoms with E-state index in [2.05, 4.69) is 10.2 Å². The largest absolute Gasteiger partial charge is 0.457 e. The average Bonchev–Trinajstić information content (AvgIpc) is 2.92. The van der Waals surface area contributed by atoms with Crippen LogP contribution in [0.4, 0.5) is 5.69 Å². The minimum Gasteiger partial charge on any atom is -0.457 e. The van der Waals surface area contributed by atoms with Gasteiger partial charge in [-0.2, -0.15) is 27.0 Å². The van der Waals surface area contributed by atoms with Crippen molar-refractivity contribution < 1.29 is 19.4 Å². The number of nitrogens with two attached hydrogens (primary N) is 1. The van der Waals surface area contributed by atoms with E-state index >= 15 is 0 Å². The van der Waals surface area contributed by atoms with Gasteiger partial charge in [-0.3, -0.25) is 4.79 Å². The summed E-state index contributed by atoms with van der Waals surface area (Å²) in [6.07, 6.45) is 6.91. The third kappa shape index (κ3) is 10.4. The fraction of sp³-hybridized carbons (Fsp3) is 0.548. The molecule has 0 bridgehead atoms. The molecule has 1 amide bonds. The van der Waals surface area contributed by atoms with Crippen molar-refractivity contribution in [1.29, 1.82) is 0 Å². The van der Waals surface area contributed by atoms with Crippen LogP contribution in [0.2, 0.25) is 0 Å². The number of guanidine groups is 1. The van der Waals surface area contributed by atoms with Crippen LogP contribution in [-0.2, 0) is 16.1 Å². The molecule has 10 heteroatoms.